The van der Waals surface area contributed by atoms with Crippen LogP contribution in [-0.2, 0) is 15.0 Å². The normalized spacial score (nSPS) is 17.8. The molecule has 1 aliphatic rings. The topological polar surface area (TPSA) is 75.4 Å². The van der Waals surface area contributed by atoms with E-state index in [-0.39, 0.29) is 17.2 Å². The highest BCUT2D eigenvalue weighted by molar-refractivity contribution is 6.31. The molecule has 0 saturated carbocycles. The van der Waals surface area contributed by atoms with E-state index in [0.717, 1.165) is 0 Å². The number of rotatable bonds is 3. The van der Waals surface area contributed by atoms with Gasteiger partial charge in [-0.25, -0.2) is 0 Å². The van der Waals surface area contributed by atoms with Gasteiger partial charge in [-0.05, 0) is 24.6 Å². The number of aromatic nitrogens is 1. The van der Waals surface area contributed by atoms with E-state index >= 15 is 0 Å². The fourth-order valence-corrected chi connectivity index (χ4v) is 2.96. The zero-order chi connectivity index (χ0) is 18.2. The Morgan fingerprint density at radius 1 is 1.36 bits per heavy atom. The summed E-state index contributed by atoms with van der Waals surface area (Å²) in [5.41, 5.74) is 0.414. The molecule has 0 unspecified atom stereocenters. The minimum atomic E-state index is -0.597. The Morgan fingerprint density at radius 3 is 2.76 bits per heavy atom. The molecule has 3 rings (SSSR count). The highest BCUT2D eigenvalue weighted by Crippen LogP contribution is 2.30. The lowest BCUT2D eigenvalue weighted by Gasteiger charge is -2.23. The maximum Gasteiger partial charge on any atom is 0.248 e. The van der Waals surface area contributed by atoms with Crippen LogP contribution in [0.4, 0.5) is 11.5 Å². The molecule has 6 nitrogen and oxygen atoms in total. The maximum absolute atomic E-state index is 12.7. The Morgan fingerprint density at radius 2 is 2.12 bits per heavy atom. The average Bonchev–Trinajstić information content (AvgIpc) is 3.13. The number of benzene rings is 1. The Kier molecular flexibility index (Phi) is 4.56. The lowest BCUT2D eigenvalue weighted by molar-refractivity contribution is -0.120. The van der Waals surface area contributed by atoms with Crippen molar-refractivity contribution in [3.8, 4) is 0 Å². The van der Waals surface area contributed by atoms with Crippen LogP contribution in [0.2, 0.25) is 5.02 Å². The number of halogens is 1. The first-order valence-electron chi connectivity index (χ1n) is 8.11. The average molecular weight is 362 g/mol. The summed E-state index contributed by atoms with van der Waals surface area (Å²) >= 11 is 6.01. The number of carbonyl (C=O) groups excluding carboxylic acids is 2. The molecule has 2 heterocycles. The van der Waals surface area contributed by atoms with Crippen molar-refractivity contribution in [2.45, 2.75) is 45.1 Å². The first-order chi connectivity index (χ1) is 11.8. The van der Waals surface area contributed by atoms with Gasteiger partial charge in [0.15, 0.2) is 5.82 Å². The monoisotopic (exact) mass is 361 g/mol. The molecule has 25 heavy (non-hydrogen) atoms. The third kappa shape index (κ3) is 3.69. The number of hydrogen-bond acceptors (Lipinski definition) is 4. The van der Waals surface area contributed by atoms with E-state index in [1.165, 1.54) is 4.90 Å². The molecule has 0 spiro atoms. The molecule has 1 aromatic carbocycles. The summed E-state index contributed by atoms with van der Waals surface area (Å²) in [5.74, 6) is 0.634. The van der Waals surface area contributed by atoms with Gasteiger partial charge in [0.05, 0.1) is 0 Å². The second kappa shape index (κ2) is 6.52. The van der Waals surface area contributed by atoms with Gasteiger partial charge < -0.3 is 9.84 Å². The second-order valence-corrected chi connectivity index (χ2v) is 7.55. The molecular weight excluding hydrogens is 342 g/mol. The van der Waals surface area contributed by atoms with Crippen LogP contribution in [0.15, 0.2) is 34.9 Å². The summed E-state index contributed by atoms with van der Waals surface area (Å²) in [6, 6.07) is 8.04. The molecule has 2 amide bonds. The van der Waals surface area contributed by atoms with Gasteiger partial charge >= 0.3 is 0 Å². The van der Waals surface area contributed by atoms with Crippen molar-refractivity contribution in [3.05, 3.63) is 41.1 Å². The zero-order valence-corrected chi connectivity index (χ0v) is 15.1. The van der Waals surface area contributed by atoms with Gasteiger partial charge in [-0.2, -0.15) is 0 Å². The highest BCUT2D eigenvalue weighted by atomic mass is 35.5. The zero-order valence-electron chi connectivity index (χ0n) is 14.4. The number of nitrogens with zero attached hydrogens (tertiary/aromatic N) is 2. The SMILES string of the molecule is CC(C)(C)c1cc(NC(=O)[C@@H]2CCC(=O)N2c2cccc(Cl)c2)no1. The van der Waals surface area contributed by atoms with Crippen LogP contribution in [0.25, 0.3) is 0 Å². The fraction of sp³-hybridized carbons (Fsp3) is 0.389. The Balaban J connectivity index is 1.79. The first-order valence-corrected chi connectivity index (χ1v) is 8.49. The van der Waals surface area contributed by atoms with Gasteiger partial charge in [0.1, 0.15) is 11.8 Å². The standard InChI is InChI=1S/C18H20ClN3O3/c1-18(2,3)14-10-15(21-25-14)20-17(24)13-7-8-16(23)22(13)12-6-4-5-11(19)9-12/h4-6,9-10,13H,7-8H2,1-3H3,(H,20,21,24)/t13-/m0/s1. The van der Waals surface area contributed by atoms with E-state index in [2.05, 4.69) is 10.5 Å². The van der Waals surface area contributed by atoms with Gasteiger partial charge in [-0.15, -0.1) is 0 Å². The molecule has 1 saturated heterocycles. The van der Waals surface area contributed by atoms with Crippen molar-refractivity contribution in [2.24, 2.45) is 0 Å². The molecule has 1 aliphatic heterocycles. The van der Waals surface area contributed by atoms with Crippen LogP contribution >= 0.6 is 11.6 Å². The number of hydrogen-bond donors (Lipinski definition) is 1. The van der Waals surface area contributed by atoms with Gasteiger partial charge in [-0.1, -0.05) is 43.6 Å². The van der Waals surface area contributed by atoms with Crippen molar-refractivity contribution < 1.29 is 14.1 Å². The smallest absolute Gasteiger partial charge is 0.248 e. The third-order valence-electron chi connectivity index (χ3n) is 4.10. The first kappa shape index (κ1) is 17.5. The quantitative estimate of drug-likeness (QED) is 0.903. The van der Waals surface area contributed by atoms with E-state index in [9.17, 15) is 9.59 Å². The molecule has 0 bridgehead atoms. The van der Waals surface area contributed by atoms with Crippen molar-refractivity contribution in [3.63, 3.8) is 0 Å². The summed E-state index contributed by atoms with van der Waals surface area (Å²) in [6.07, 6.45) is 0.762. The van der Waals surface area contributed by atoms with Crippen molar-refractivity contribution in [1.29, 1.82) is 0 Å². The second-order valence-electron chi connectivity index (χ2n) is 7.11. The number of amides is 2. The third-order valence-corrected chi connectivity index (χ3v) is 4.34. The summed E-state index contributed by atoms with van der Waals surface area (Å²) in [4.78, 5) is 26.4. The molecule has 1 aromatic heterocycles. The summed E-state index contributed by atoms with van der Waals surface area (Å²) in [7, 11) is 0. The highest BCUT2D eigenvalue weighted by Gasteiger charge is 2.37. The van der Waals surface area contributed by atoms with E-state index in [1.54, 1.807) is 30.3 Å². The van der Waals surface area contributed by atoms with Crippen molar-refractivity contribution in [1.82, 2.24) is 5.16 Å². The Bertz CT molecular complexity index is 810. The van der Waals surface area contributed by atoms with Crippen LogP contribution in [-0.4, -0.2) is 23.0 Å². The molecule has 7 heteroatoms. The van der Waals surface area contributed by atoms with E-state index in [1.807, 2.05) is 20.8 Å². The van der Waals surface area contributed by atoms with Crippen LogP contribution in [0.3, 0.4) is 0 Å². The molecule has 1 atom stereocenters. The van der Waals surface area contributed by atoms with Crippen molar-refractivity contribution in [2.75, 3.05) is 10.2 Å². The summed E-state index contributed by atoms with van der Waals surface area (Å²) in [6.45, 7) is 5.99. The summed E-state index contributed by atoms with van der Waals surface area (Å²) in [5, 5.41) is 7.15. The minimum absolute atomic E-state index is 0.0991. The van der Waals surface area contributed by atoms with Crippen LogP contribution < -0.4 is 10.2 Å². The lowest BCUT2D eigenvalue weighted by atomic mass is 9.93. The predicted molar refractivity (Wildman–Crippen MR) is 95.8 cm³/mol. The van der Waals surface area contributed by atoms with Crippen LogP contribution in [0.1, 0.15) is 39.4 Å². The van der Waals surface area contributed by atoms with E-state index < -0.39 is 6.04 Å². The number of nitrogens with one attached hydrogen (secondary N) is 1. The number of carbonyl (C=O) groups is 2. The van der Waals surface area contributed by atoms with E-state index in [4.69, 9.17) is 16.1 Å². The molecule has 1 N–H and O–H groups in total. The molecule has 1 fully saturated rings. The fourth-order valence-electron chi connectivity index (χ4n) is 2.78. The largest absolute Gasteiger partial charge is 0.359 e. The van der Waals surface area contributed by atoms with Crippen molar-refractivity contribution >= 4 is 34.9 Å². The van der Waals surface area contributed by atoms with Gasteiger partial charge in [0, 0.05) is 28.6 Å². The number of anilines is 2. The molecular formula is C18H20ClN3O3. The molecule has 0 radical (unpaired) electrons. The molecule has 0 aliphatic carbocycles. The van der Waals surface area contributed by atoms with Gasteiger partial charge in [0.25, 0.3) is 0 Å². The van der Waals surface area contributed by atoms with E-state index in [0.29, 0.717) is 35.1 Å². The van der Waals surface area contributed by atoms with Crippen LogP contribution in [0, 0.1) is 0 Å². The predicted octanol–water partition coefficient (Wildman–Crippen LogP) is 3.76. The molecule has 2 aromatic rings. The summed E-state index contributed by atoms with van der Waals surface area (Å²) < 4.78 is 5.28. The van der Waals surface area contributed by atoms with Crippen LogP contribution in [0.5, 0.6) is 0 Å². The maximum atomic E-state index is 12.7. The Hall–Kier alpha value is -2.34. The molecule has 132 valence electrons. The lowest BCUT2D eigenvalue weighted by Crippen LogP contribution is -2.41. The Labute approximate surface area is 151 Å². The van der Waals surface area contributed by atoms with Gasteiger partial charge in [-0.3, -0.25) is 14.5 Å². The van der Waals surface area contributed by atoms with Gasteiger partial charge in [0.2, 0.25) is 11.8 Å². The minimum Gasteiger partial charge on any atom is -0.359 e.